The van der Waals surface area contributed by atoms with Crippen molar-refractivity contribution in [2.45, 2.75) is 6.92 Å². The molecular formula is C12H11F2N5O2. The Morgan fingerprint density at radius 3 is 2.62 bits per heavy atom. The number of nitrogens with one attached hydrogen (secondary N) is 2. The lowest BCUT2D eigenvalue weighted by Gasteiger charge is -2.09. The highest BCUT2D eigenvalue weighted by Crippen LogP contribution is 2.28. The third-order valence-electron chi connectivity index (χ3n) is 2.69. The first-order chi connectivity index (χ1) is 9.92. The van der Waals surface area contributed by atoms with Crippen molar-refractivity contribution >= 4 is 23.1 Å². The molecule has 9 heteroatoms. The average molecular weight is 295 g/mol. The molecule has 21 heavy (non-hydrogen) atoms. The van der Waals surface area contributed by atoms with E-state index in [9.17, 15) is 18.9 Å². The normalized spacial score (nSPS) is 10.3. The predicted octanol–water partition coefficient (Wildman–Crippen LogP) is 2.76. The van der Waals surface area contributed by atoms with Gasteiger partial charge in [-0.2, -0.15) is 4.98 Å². The largest absolute Gasteiger partial charge is 0.357 e. The van der Waals surface area contributed by atoms with E-state index in [4.69, 9.17) is 0 Å². The van der Waals surface area contributed by atoms with E-state index in [1.54, 1.807) is 0 Å². The summed E-state index contributed by atoms with van der Waals surface area (Å²) in [5.74, 6) is -1.50. The van der Waals surface area contributed by atoms with Crippen LogP contribution in [0.25, 0.3) is 0 Å². The number of aryl methyl sites for hydroxylation is 1. The smallest absolute Gasteiger partial charge is 0.329 e. The molecule has 0 aliphatic heterocycles. The lowest BCUT2D eigenvalue weighted by molar-refractivity contribution is -0.384. The molecule has 2 aromatic rings. The molecule has 0 spiro atoms. The van der Waals surface area contributed by atoms with Gasteiger partial charge in [0.1, 0.15) is 17.8 Å². The second-order valence-electron chi connectivity index (χ2n) is 4.14. The first-order valence-corrected chi connectivity index (χ1v) is 5.84. The van der Waals surface area contributed by atoms with Gasteiger partial charge in [-0.1, -0.05) is 0 Å². The van der Waals surface area contributed by atoms with Gasteiger partial charge in [-0.05, 0) is 18.6 Å². The maximum Gasteiger partial charge on any atom is 0.329 e. The van der Waals surface area contributed by atoms with Crippen LogP contribution < -0.4 is 10.6 Å². The van der Waals surface area contributed by atoms with Crippen molar-refractivity contribution in [2.75, 3.05) is 17.7 Å². The van der Waals surface area contributed by atoms with Crippen molar-refractivity contribution in [3.8, 4) is 0 Å². The van der Waals surface area contributed by atoms with Gasteiger partial charge < -0.3 is 10.6 Å². The number of halogens is 2. The zero-order valence-electron chi connectivity index (χ0n) is 11.1. The number of nitro groups is 1. The number of benzene rings is 1. The first-order valence-electron chi connectivity index (χ1n) is 5.84. The van der Waals surface area contributed by atoms with E-state index in [0.717, 1.165) is 18.3 Å². The summed E-state index contributed by atoms with van der Waals surface area (Å²) in [4.78, 5) is 17.7. The van der Waals surface area contributed by atoms with Crippen LogP contribution in [0.4, 0.5) is 31.9 Å². The van der Waals surface area contributed by atoms with Crippen molar-refractivity contribution in [1.82, 2.24) is 9.97 Å². The molecule has 7 nitrogen and oxygen atoms in total. The van der Waals surface area contributed by atoms with E-state index in [2.05, 4.69) is 20.6 Å². The number of rotatable bonds is 4. The SMILES string of the molecule is CNc1ncc([N+](=O)[O-])c(Nc2cc(F)c(C)cc2F)n1. The average Bonchev–Trinajstić information content (AvgIpc) is 2.44. The van der Waals surface area contributed by atoms with Gasteiger partial charge in [0.25, 0.3) is 0 Å². The first kappa shape index (κ1) is 14.6. The van der Waals surface area contributed by atoms with Crippen LogP contribution in [0.1, 0.15) is 5.56 Å². The number of anilines is 3. The fourth-order valence-electron chi connectivity index (χ4n) is 1.59. The third-order valence-corrected chi connectivity index (χ3v) is 2.69. The minimum atomic E-state index is -0.743. The van der Waals surface area contributed by atoms with Gasteiger partial charge in [0.2, 0.25) is 11.8 Å². The summed E-state index contributed by atoms with van der Waals surface area (Å²) in [5, 5.41) is 15.9. The molecule has 2 rings (SSSR count). The standard InChI is InChI=1S/C12H11F2N5O2/c1-6-3-8(14)9(4-7(6)13)17-11-10(19(20)21)5-16-12(15-2)18-11/h3-5H,1-2H3,(H2,15,16,17,18). The Bertz CT molecular complexity index is 708. The summed E-state index contributed by atoms with van der Waals surface area (Å²) in [6.45, 7) is 1.41. The van der Waals surface area contributed by atoms with Crippen molar-refractivity contribution in [2.24, 2.45) is 0 Å². The van der Waals surface area contributed by atoms with E-state index in [-0.39, 0.29) is 23.0 Å². The van der Waals surface area contributed by atoms with Crippen LogP contribution in [-0.2, 0) is 0 Å². The number of aromatic nitrogens is 2. The van der Waals surface area contributed by atoms with Gasteiger partial charge in [0, 0.05) is 13.1 Å². The molecule has 0 unspecified atom stereocenters. The molecule has 0 bridgehead atoms. The lowest BCUT2D eigenvalue weighted by atomic mass is 10.2. The van der Waals surface area contributed by atoms with Gasteiger partial charge in [0.15, 0.2) is 0 Å². The molecule has 0 atom stereocenters. The Morgan fingerprint density at radius 2 is 2.00 bits per heavy atom. The molecule has 2 N–H and O–H groups in total. The Kier molecular flexibility index (Phi) is 3.92. The molecular weight excluding hydrogens is 284 g/mol. The quantitative estimate of drug-likeness (QED) is 0.665. The molecule has 0 amide bonds. The molecule has 1 aromatic heterocycles. The van der Waals surface area contributed by atoms with Crippen LogP contribution in [0.3, 0.4) is 0 Å². The minimum absolute atomic E-state index is 0.107. The topological polar surface area (TPSA) is 93.0 Å². The lowest BCUT2D eigenvalue weighted by Crippen LogP contribution is -2.05. The van der Waals surface area contributed by atoms with Crippen LogP contribution >= 0.6 is 0 Å². The summed E-state index contributed by atoms with van der Waals surface area (Å²) >= 11 is 0. The van der Waals surface area contributed by atoms with Crippen molar-refractivity contribution in [1.29, 1.82) is 0 Å². The summed E-state index contributed by atoms with van der Waals surface area (Å²) in [6, 6.07) is 1.90. The maximum atomic E-state index is 13.8. The van der Waals surface area contributed by atoms with E-state index in [1.165, 1.54) is 14.0 Å². The molecule has 0 aliphatic carbocycles. The predicted molar refractivity (Wildman–Crippen MR) is 72.6 cm³/mol. The van der Waals surface area contributed by atoms with Gasteiger partial charge >= 0.3 is 5.69 Å². The van der Waals surface area contributed by atoms with Gasteiger partial charge in [-0.25, -0.2) is 13.8 Å². The fraction of sp³-hybridized carbons (Fsp3) is 0.167. The van der Waals surface area contributed by atoms with Crippen molar-refractivity contribution < 1.29 is 13.7 Å². The molecule has 0 aliphatic rings. The highest BCUT2D eigenvalue weighted by molar-refractivity contribution is 5.66. The molecule has 0 fully saturated rings. The molecule has 1 heterocycles. The highest BCUT2D eigenvalue weighted by Gasteiger charge is 2.19. The Hall–Kier alpha value is -2.84. The van der Waals surface area contributed by atoms with Crippen LogP contribution in [-0.4, -0.2) is 21.9 Å². The Morgan fingerprint density at radius 1 is 1.29 bits per heavy atom. The van der Waals surface area contributed by atoms with Gasteiger partial charge in [-0.3, -0.25) is 10.1 Å². The summed E-state index contributed by atoms with van der Waals surface area (Å²) < 4.78 is 27.3. The molecule has 1 aromatic carbocycles. The van der Waals surface area contributed by atoms with Gasteiger partial charge in [-0.15, -0.1) is 0 Å². The summed E-state index contributed by atoms with van der Waals surface area (Å²) in [6.07, 6.45) is 0.976. The van der Waals surface area contributed by atoms with E-state index < -0.39 is 22.2 Å². The fourth-order valence-corrected chi connectivity index (χ4v) is 1.59. The summed E-state index contributed by atoms with van der Waals surface area (Å²) in [7, 11) is 1.52. The molecule has 110 valence electrons. The van der Waals surface area contributed by atoms with Crippen LogP contribution in [0.5, 0.6) is 0 Å². The van der Waals surface area contributed by atoms with Crippen molar-refractivity contribution in [3.63, 3.8) is 0 Å². The van der Waals surface area contributed by atoms with E-state index >= 15 is 0 Å². The zero-order chi connectivity index (χ0) is 15.6. The zero-order valence-corrected chi connectivity index (χ0v) is 11.1. The number of hydrogen-bond acceptors (Lipinski definition) is 6. The van der Waals surface area contributed by atoms with E-state index in [0.29, 0.717) is 0 Å². The Labute approximate surface area is 118 Å². The second kappa shape index (κ2) is 5.65. The minimum Gasteiger partial charge on any atom is -0.357 e. The van der Waals surface area contributed by atoms with Crippen LogP contribution in [0, 0.1) is 28.7 Å². The van der Waals surface area contributed by atoms with Crippen molar-refractivity contribution in [3.05, 3.63) is 45.6 Å². The van der Waals surface area contributed by atoms with Crippen LogP contribution in [0.2, 0.25) is 0 Å². The summed E-state index contributed by atoms with van der Waals surface area (Å²) in [5.41, 5.74) is -0.567. The molecule has 0 saturated heterocycles. The number of hydrogen-bond donors (Lipinski definition) is 2. The van der Waals surface area contributed by atoms with E-state index in [1.807, 2.05) is 0 Å². The third kappa shape index (κ3) is 3.02. The maximum absolute atomic E-state index is 13.8. The molecule has 0 radical (unpaired) electrons. The molecule has 0 saturated carbocycles. The highest BCUT2D eigenvalue weighted by atomic mass is 19.1. The monoisotopic (exact) mass is 295 g/mol. The van der Waals surface area contributed by atoms with Gasteiger partial charge in [0.05, 0.1) is 10.6 Å². The second-order valence-corrected chi connectivity index (χ2v) is 4.14. The Balaban J connectivity index is 2.47. The number of nitrogens with zero attached hydrogens (tertiary/aromatic N) is 3. The van der Waals surface area contributed by atoms with Crippen LogP contribution in [0.15, 0.2) is 18.3 Å².